The average molecular weight is 715 g/mol. The van der Waals surface area contributed by atoms with Crippen LogP contribution in [0.25, 0.3) is 0 Å². The Bertz CT molecular complexity index is 973. The van der Waals surface area contributed by atoms with Crippen LogP contribution in [-0.4, -0.2) is 45.6 Å². The van der Waals surface area contributed by atoms with Crippen LogP contribution >= 0.6 is 22.6 Å². The van der Waals surface area contributed by atoms with Crippen molar-refractivity contribution < 1.29 is 23.4 Å². The monoisotopic (exact) mass is 714 g/mol. The summed E-state index contributed by atoms with van der Waals surface area (Å²) in [6.07, 6.45) is 6.33. The van der Waals surface area contributed by atoms with E-state index < -0.39 is 8.32 Å². The van der Waals surface area contributed by atoms with Gasteiger partial charge in [-0.05, 0) is 76.1 Å². The molecule has 0 bridgehead atoms. The second-order valence-corrected chi connectivity index (χ2v) is 19.8. The van der Waals surface area contributed by atoms with Crippen molar-refractivity contribution in [3.05, 3.63) is 40.0 Å². The third kappa shape index (κ3) is 11.3. The smallest absolute Gasteiger partial charge is 0.192 e. The molecular weight excluding hydrogens is 655 g/mol. The molecule has 1 heterocycles. The lowest BCUT2D eigenvalue weighted by atomic mass is 9.88. The molecule has 0 saturated carbocycles. The molecular formula is C35H59IO5Si. The van der Waals surface area contributed by atoms with E-state index in [1.807, 2.05) is 28.3 Å². The standard InChI is InChI=1S/C35H59IO5Si/c1-12-24(2)19-25(3)32-22-33(41-42(10,11)35(6,7)8)34(40-32)27(5)21-29(37)20-26(4)31(17-18-36)39-23-28-13-15-30(38-9)16-14-28/h13-18,24-27,31-34H,12,19-23H2,1-11H3/b18-17+. The fraction of sp³-hybridized carbons (Fsp3) is 0.743. The molecule has 0 radical (unpaired) electrons. The SMILES string of the molecule is CCC(C)CC(C)C1CC(O[Si](C)(C)C(C)(C)C)C(C(C)CC(=O)CC(C)C(/C=C/I)OCc2ccc(OC)cc2)O1. The van der Waals surface area contributed by atoms with Crippen LogP contribution in [0.4, 0.5) is 0 Å². The third-order valence-corrected chi connectivity index (χ3v) is 14.5. The summed E-state index contributed by atoms with van der Waals surface area (Å²) >= 11 is 2.22. The van der Waals surface area contributed by atoms with Crippen molar-refractivity contribution in [2.75, 3.05) is 7.11 Å². The lowest BCUT2D eigenvalue weighted by Gasteiger charge is -2.40. The van der Waals surface area contributed by atoms with Crippen LogP contribution < -0.4 is 4.74 Å². The highest BCUT2D eigenvalue weighted by atomic mass is 127. The van der Waals surface area contributed by atoms with E-state index >= 15 is 0 Å². The number of carbonyl (C=O) groups is 1. The summed E-state index contributed by atoms with van der Waals surface area (Å²) in [6, 6.07) is 7.92. The molecule has 7 heteroatoms. The number of hydrogen-bond donors (Lipinski definition) is 0. The number of benzene rings is 1. The highest BCUT2D eigenvalue weighted by Gasteiger charge is 2.47. The van der Waals surface area contributed by atoms with Gasteiger partial charge >= 0.3 is 0 Å². The summed E-state index contributed by atoms with van der Waals surface area (Å²) in [7, 11) is -0.324. The minimum atomic E-state index is -1.99. The Morgan fingerprint density at radius 1 is 1.10 bits per heavy atom. The zero-order valence-electron chi connectivity index (χ0n) is 28.2. The Balaban J connectivity index is 2.06. The first-order chi connectivity index (χ1) is 19.6. The van der Waals surface area contributed by atoms with Crippen LogP contribution in [0.3, 0.4) is 0 Å². The number of halogens is 1. The van der Waals surface area contributed by atoms with Crippen LogP contribution in [0.1, 0.15) is 93.1 Å². The lowest BCUT2D eigenvalue weighted by Crippen LogP contribution is -2.47. The van der Waals surface area contributed by atoms with E-state index in [0.29, 0.717) is 31.3 Å². The van der Waals surface area contributed by atoms with E-state index in [4.69, 9.17) is 18.6 Å². The topological polar surface area (TPSA) is 54.0 Å². The molecule has 1 aliphatic heterocycles. The molecule has 1 aliphatic rings. The van der Waals surface area contributed by atoms with Crippen LogP contribution in [0.5, 0.6) is 5.75 Å². The maximum absolute atomic E-state index is 13.4. The molecule has 0 amide bonds. The normalized spacial score (nSPS) is 23.5. The van der Waals surface area contributed by atoms with Gasteiger partial charge in [0, 0.05) is 19.3 Å². The van der Waals surface area contributed by atoms with Crippen molar-refractivity contribution in [2.24, 2.45) is 23.7 Å². The Kier molecular flexibility index (Phi) is 15.2. The Hall–Kier alpha value is -0.743. The third-order valence-electron chi connectivity index (χ3n) is 9.61. The highest BCUT2D eigenvalue weighted by Crippen LogP contribution is 2.42. The van der Waals surface area contributed by atoms with E-state index in [9.17, 15) is 4.79 Å². The molecule has 1 aromatic carbocycles. The van der Waals surface area contributed by atoms with E-state index in [1.54, 1.807) is 7.11 Å². The zero-order chi connectivity index (χ0) is 31.7. The van der Waals surface area contributed by atoms with Gasteiger partial charge in [-0.25, -0.2) is 0 Å². The molecule has 5 nitrogen and oxygen atoms in total. The fourth-order valence-corrected chi connectivity index (χ4v) is 7.38. The highest BCUT2D eigenvalue weighted by molar-refractivity contribution is 14.1. The molecule has 0 spiro atoms. The maximum Gasteiger partial charge on any atom is 0.192 e. The molecule has 42 heavy (non-hydrogen) atoms. The molecule has 240 valence electrons. The number of methoxy groups -OCH3 is 1. The average Bonchev–Trinajstić information content (AvgIpc) is 3.33. The molecule has 1 saturated heterocycles. The molecule has 0 aliphatic carbocycles. The van der Waals surface area contributed by atoms with Gasteiger partial charge in [0.05, 0.1) is 38.1 Å². The van der Waals surface area contributed by atoms with Gasteiger partial charge in [0.15, 0.2) is 8.32 Å². The first kappa shape index (κ1) is 37.4. The molecule has 0 aromatic heterocycles. The van der Waals surface area contributed by atoms with Gasteiger partial charge in [-0.2, -0.15) is 0 Å². The van der Waals surface area contributed by atoms with E-state index in [1.165, 1.54) is 6.42 Å². The Morgan fingerprint density at radius 2 is 1.74 bits per heavy atom. The summed E-state index contributed by atoms with van der Waals surface area (Å²) in [6.45, 7) is 23.2. The summed E-state index contributed by atoms with van der Waals surface area (Å²) in [4.78, 5) is 13.4. The number of Topliss-reactive ketones (excluding diaryl/α,β-unsaturated/α-hetero) is 1. The van der Waals surface area contributed by atoms with Gasteiger partial charge in [0.1, 0.15) is 11.5 Å². The summed E-state index contributed by atoms with van der Waals surface area (Å²) in [5.41, 5.74) is 1.08. The van der Waals surface area contributed by atoms with Crippen molar-refractivity contribution in [3.8, 4) is 5.75 Å². The number of ketones is 1. The number of hydrogen-bond acceptors (Lipinski definition) is 5. The summed E-state index contributed by atoms with van der Waals surface area (Å²) in [5.74, 6) is 2.41. The second-order valence-electron chi connectivity index (χ2n) is 14.4. The van der Waals surface area contributed by atoms with Crippen LogP contribution in [-0.2, 0) is 25.3 Å². The van der Waals surface area contributed by atoms with Crippen molar-refractivity contribution in [2.45, 2.75) is 137 Å². The van der Waals surface area contributed by atoms with Crippen LogP contribution in [0.15, 0.2) is 34.4 Å². The van der Waals surface area contributed by atoms with Crippen LogP contribution in [0, 0.1) is 23.7 Å². The number of carbonyl (C=O) groups excluding carboxylic acids is 1. The second kappa shape index (κ2) is 17.1. The minimum absolute atomic E-state index is 0.0398. The van der Waals surface area contributed by atoms with E-state index in [0.717, 1.165) is 24.2 Å². The lowest BCUT2D eigenvalue weighted by molar-refractivity contribution is -0.123. The molecule has 0 N–H and O–H groups in total. The maximum atomic E-state index is 13.4. The van der Waals surface area contributed by atoms with Gasteiger partial charge in [-0.1, -0.05) is 96.5 Å². The predicted molar refractivity (Wildman–Crippen MR) is 186 cm³/mol. The molecule has 2 rings (SSSR count). The van der Waals surface area contributed by atoms with E-state index in [2.05, 4.69) is 97.2 Å². The Labute approximate surface area is 272 Å². The first-order valence-electron chi connectivity index (χ1n) is 16.0. The number of rotatable bonds is 17. The summed E-state index contributed by atoms with van der Waals surface area (Å²) < 4.78 is 27.3. The van der Waals surface area contributed by atoms with Gasteiger partial charge in [-0.15, -0.1) is 0 Å². The zero-order valence-corrected chi connectivity index (χ0v) is 31.4. The van der Waals surface area contributed by atoms with Gasteiger partial charge in [0.2, 0.25) is 0 Å². The Morgan fingerprint density at radius 3 is 2.29 bits per heavy atom. The largest absolute Gasteiger partial charge is 0.497 e. The molecule has 8 unspecified atom stereocenters. The molecule has 8 atom stereocenters. The molecule has 1 aromatic rings. The van der Waals surface area contributed by atoms with Crippen LogP contribution in [0.2, 0.25) is 18.1 Å². The minimum Gasteiger partial charge on any atom is -0.497 e. The fourth-order valence-electron chi connectivity index (χ4n) is 5.63. The van der Waals surface area contributed by atoms with Crippen molar-refractivity contribution >= 4 is 36.7 Å². The van der Waals surface area contributed by atoms with Gasteiger partial charge < -0.3 is 18.6 Å². The summed E-state index contributed by atoms with van der Waals surface area (Å²) in [5, 5.41) is 0.124. The predicted octanol–water partition coefficient (Wildman–Crippen LogP) is 9.77. The van der Waals surface area contributed by atoms with E-state index in [-0.39, 0.29) is 47.1 Å². The number of ether oxygens (including phenoxy) is 3. The van der Waals surface area contributed by atoms with Crippen molar-refractivity contribution in [1.82, 2.24) is 0 Å². The van der Waals surface area contributed by atoms with Gasteiger partial charge in [0.25, 0.3) is 0 Å². The van der Waals surface area contributed by atoms with Crippen molar-refractivity contribution in [1.29, 1.82) is 0 Å². The first-order valence-corrected chi connectivity index (χ1v) is 20.1. The van der Waals surface area contributed by atoms with Gasteiger partial charge in [-0.3, -0.25) is 4.79 Å². The quantitative estimate of drug-likeness (QED) is 0.119. The molecule has 1 fully saturated rings. The van der Waals surface area contributed by atoms with Crippen molar-refractivity contribution in [3.63, 3.8) is 0 Å².